The van der Waals surface area contributed by atoms with Gasteiger partial charge in [-0.15, -0.1) is 0 Å². The van der Waals surface area contributed by atoms with Crippen molar-refractivity contribution in [3.63, 3.8) is 0 Å². The summed E-state index contributed by atoms with van der Waals surface area (Å²) in [6, 6.07) is 0. The van der Waals surface area contributed by atoms with Gasteiger partial charge < -0.3 is 0 Å². The maximum atomic E-state index is 3.97. The number of hydrogen-bond acceptors (Lipinski definition) is 1. The zero-order valence-electron chi connectivity index (χ0n) is 12.3. The third-order valence-corrected chi connectivity index (χ3v) is 1.11. The first-order chi connectivity index (χ1) is 7.20. The minimum atomic E-state index is 1.03. The van der Waals surface area contributed by atoms with Crippen molar-refractivity contribution in [1.29, 1.82) is 0 Å². The summed E-state index contributed by atoms with van der Waals surface area (Å²) in [5.74, 6) is 0. The molecule has 0 aromatic carbocycles. The number of aliphatic imine (C=N–C) groups is 1. The van der Waals surface area contributed by atoms with Gasteiger partial charge in [0.25, 0.3) is 0 Å². The summed E-state index contributed by atoms with van der Waals surface area (Å²) >= 11 is 0. The molecule has 0 aliphatic heterocycles. The summed E-state index contributed by atoms with van der Waals surface area (Å²) in [4.78, 5) is 3.97. The summed E-state index contributed by atoms with van der Waals surface area (Å²) in [5.41, 5.74) is 2.19. The Hall–Kier alpha value is -0.850. The molecular weight excluding hydrogens is 182 g/mol. The van der Waals surface area contributed by atoms with E-state index in [0.717, 1.165) is 11.3 Å². The van der Waals surface area contributed by atoms with E-state index in [1.54, 1.807) is 7.05 Å². The zero-order chi connectivity index (χ0) is 13.3. The van der Waals surface area contributed by atoms with E-state index in [0.29, 0.717) is 0 Å². The van der Waals surface area contributed by atoms with Gasteiger partial charge in [-0.2, -0.15) is 0 Å². The number of rotatable bonds is 2. The fourth-order valence-electron chi connectivity index (χ4n) is 0.453. The Kier molecular flexibility index (Phi) is 46.3. The Morgan fingerprint density at radius 1 is 0.933 bits per heavy atom. The molecule has 0 aliphatic carbocycles. The molecule has 0 saturated heterocycles. The predicted octanol–water partition coefficient (Wildman–Crippen LogP) is 5.29. The van der Waals surface area contributed by atoms with Crippen LogP contribution in [0.2, 0.25) is 0 Å². The second kappa shape index (κ2) is 29.2. The van der Waals surface area contributed by atoms with E-state index in [-0.39, 0.29) is 0 Å². The van der Waals surface area contributed by atoms with E-state index in [1.807, 2.05) is 67.5 Å². The van der Waals surface area contributed by atoms with Crippen LogP contribution in [0.3, 0.4) is 0 Å². The van der Waals surface area contributed by atoms with Gasteiger partial charge in [0.05, 0.1) is 0 Å². The Morgan fingerprint density at radius 3 is 1.47 bits per heavy atom. The fourth-order valence-corrected chi connectivity index (χ4v) is 0.453. The first-order valence-corrected chi connectivity index (χ1v) is 5.95. The summed E-state index contributed by atoms with van der Waals surface area (Å²) in [6.45, 7) is 19.6. The maximum Gasteiger partial charge on any atom is 0.0316 e. The molecule has 0 fully saturated rings. The highest BCUT2D eigenvalue weighted by Crippen LogP contribution is 1.92. The normalized spacial score (nSPS) is 9.40. The van der Waals surface area contributed by atoms with Crippen LogP contribution >= 0.6 is 0 Å². The molecule has 0 rings (SSSR count). The summed E-state index contributed by atoms with van der Waals surface area (Å²) in [6.07, 6.45) is 3.81. The first kappa shape index (κ1) is 23.8. The van der Waals surface area contributed by atoms with Crippen molar-refractivity contribution in [3.05, 3.63) is 24.3 Å². The van der Waals surface area contributed by atoms with Gasteiger partial charge in [0.1, 0.15) is 0 Å². The van der Waals surface area contributed by atoms with Crippen molar-refractivity contribution >= 4 is 5.71 Å². The van der Waals surface area contributed by atoms with Crippen LogP contribution in [0.1, 0.15) is 55.4 Å². The lowest BCUT2D eigenvalue weighted by molar-refractivity contribution is 1.42. The van der Waals surface area contributed by atoms with Gasteiger partial charge in [0.15, 0.2) is 0 Å². The molecule has 0 aromatic heterocycles. The Labute approximate surface area is 98.0 Å². The van der Waals surface area contributed by atoms with Crippen LogP contribution in [-0.4, -0.2) is 12.8 Å². The molecule has 0 aromatic rings. The predicted molar refractivity (Wildman–Crippen MR) is 77.0 cm³/mol. The van der Waals surface area contributed by atoms with Gasteiger partial charge in [0.2, 0.25) is 0 Å². The van der Waals surface area contributed by atoms with Crippen LogP contribution in [0, 0.1) is 0 Å². The summed E-state index contributed by atoms with van der Waals surface area (Å²) in [5, 5.41) is 0. The van der Waals surface area contributed by atoms with Gasteiger partial charge >= 0.3 is 0 Å². The lowest BCUT2D eigenvalue weighted by atomic mass is 10.2. The van der Waals surface area contributed by atoms with Gasteiger partial charge in [-0.05, 0) is 25.5 Å². The Bertz CT molecular complexity index is 153. The zero-order valence-corrected chi connectivity index (χ0v) is 12.3. The van der Waals surface area contributed by atoms with Crippen molar-refractivity contribution in [2.45, 2.75) is 55.4 Å². The van der Waals surface area contributed by atoms with Crippen molar-refractivity contribution in [2.75, 3.05) is 7.05 Å². The molecule has 0 radical (unpaired) electrons. The van der Waals surface area contributed by atoms with Crippen LogP contribution in [0.4, 0.5) is 0 Å². The van der Waals surface area contributed by atoms with Crippen LogP contribution < -0.4 is 0 Å². The Morgan fingerprint density at radius 2 is 1.27 bits per heavy atom. The van der Waals surface area contributed by atoms with Gasteiger partial charge in [-0.1, -0.05) is 54.2 Å². The fraction of sp³-hybridized carbons (Fsp3) is 0.643. The third-order valence-electron chi connectivity index (χ3n) is 1.11. The largest absolute Gasteiger partial charge is 0.293 e. The SMILES string of the molecule is C=C/C(C)=C\C(C)=NC.CC.CC.CC. The Balaban J connectivity index is -0.0000000860. The van der Waals surface area contributed by atoms with Crippen molar-refractivity contribution < 1.29 is 0 Å². The molecule has 15 heavy (non-hydrogen) atoms. The molecule has 0 amide bonds. The summed E-state index contributed by atoms with van der Waals surface area (Å²) in [7, 11) is 1.78. The molecule has 0 aliphatic rings. The maximum absolute atomic E-state index is 3.97. The molecule has 0 N–H and O–H groups in total. The molecule has 92 valence electrons. The molecule has 0 unspecified atom stereocenters. The molecule has 0 atom stereocenters. The second-order valence-corrected chi connectivity index (χ2v) is 1.96. The monoisotopic (exact) mass is 213 g/mol. The molecule has 0 heterocycles. The van der Waals surface area contributed by atoms with E-state index in [4.69, 9.17) is 0 Å². The van der Waals surface area contributed by atoms with Gasteiger partial charge in [-0.25, -0.2) is 0 Å². The van der Waals surface area contributed by atoms with Gasteiger partial charge in [-0.3, -0.25) is 4.99 Å². The van der Waals surface area contributed by atoms with E-state index in [2.05, 4.69) is 11.6 Å². The molecule has 0 saturated carbocycles. The molecule has 0 spiro atoms. The van der Waals surface area contributed by atoms with E-state index >= 15 is 0 Å². The molecule has 0 bridgehead atoms. The number of allylic oxidation sites excluding steroid dienone is 3. The quantitative estimate of drug-likeness (QED) is 0.436. The highest BCUT2D eigenvalue weighted by molar-refractivity contribution is 5.93. The minimum absolute atomic E-state index is 1.03. The van der Waals surface area contributed by atoms with Crippen LogP contribution in [0.15, 0.2) is 29.3 Å². The highest BCUT2D eigenvalue weighted by Gasteiger charge is 1.81. The van der Waals surface area contributed by atoms with Crippen molar-refractivity contribution in [1.82, 2.24) is 0 Å². The smallest absolute Gasteiger partial charge is 0.0316 e. The first-order valence-electron chi connectivity index (χ1n) is 5.95. The van der Waals surface area contributed by atoms with Crippen LogP contribution in [0.5, 0.6) is 0 Å². The van der Waals surface area contributed by atoms with E-state index in [9.17, 15) is 0 Å². The molecular formula is C14H31N. The summed E-state index contributed by atoms with van der Waals surface area (Å²) < 4.78 is 0. The molecule has 1 heteroatoms. The standard InChI is InChI=1S/C8H13N.3C2H6/c1-5-7(2)6-8(3)9-4;3*1-2/h5-6H,1H2,2-4H3;3*1-2H3/b7-6-,9-8?;;;. The van der Waals surface area contributed by atoms with Crippen molar-refractivity contribution in [3.8, 4) is 0 Å². The van der Waals surface area contributed by atoms with Crippen molar-refractivity contribution in [2.24, 2.45) is 4.99 Å². The lowest BCUT2D eigenvalue weighted by Gasteiger charge is -1.89. The average Bonchev–Trinajstić information content (AvgIpc) is 2.36. The number of nitrogens with zero attached hydrogens (tertiary/aromatic N) is 1. The van der Waals surface area contributed by atoms with Crippen LogP contribution in [-0.2, 0) is 0 Å². The minimum Gasteiger partial charge on any atom is -0.293 e. The number of hydrogen-bond donors (Lipinski definition) is 0. The molecule has 1 nitrogen and oxygen atoms in total. The van der Waals surface area contributed by atoms with Gasteiger partial charge in [0, 0.05) is 12.8 Å². The van der Waals surface area contributed by atoms with E-state index < -0.39 is 0 Å². The van der Waals surface area contributed by atoms with Crippen LogP contribution in [0.25, 0.3) is 0 Å². The van der Waals surface area contributed by atoms with E-state index in [1.165, 1.54) is 0 Å². The third kappa shape index (κ3) is 32.0. The second-order valence-electron chi connectivity index (χ2n) is 1.96. The average molecular weight is 213 g/mol. The highest BCUT2D eigenvalue weighted by atomic mass is 14.7. The lowest BCUT2D eigenvalue weighted by Crippen LogP contribution is -1.83. The topological polar surface area (TPSA) is 12.4 Å².